The van der Waals surface area contributed by atoms with Crippen molar-refractivity contribution in [1.29, 1.82) is 0 Å². The smallest absolute Gasteiger partial charge is 0.271 e. The molecule has 6 nitrogen and oxygen atoms in total. The summed E-state index contributed by atoms with van der Waals surface area (Å²) in [5.41, 5.74) is 3.37. The van der Waals surface area contributed by atoms with Crippen molar-refractivity contribution in [1.82, 2.24) is 14.5 Å². The molecule has 0 amide bonds. The van der Waals surface area contributed by atoms with Gasteiger partial charge in [0.25, 0.3) is 5.56 Å². The van der Waals surface area contributed by atoms with Gasteiger partial charge in [-0.3, -0.25) is 9.36 Å². The van der Waals surface area contributed by atoms with Gasteiger partial charge in [-0.1, -0.05) is 12.1 Å². The van der Waals surface area contributed by atoms with Crippen LogP contribution in [0.3, 0.4) is 0 Å². The summed E-state index contributed by atoms with van der Waals surface area (Å²) in [6, 6.07) is 10.6. The Bertz CT molecular complexity index is 945. The number of fused-ring (bicyclic) bond motifs is 1. The molecule has 0 N–H and O–H groups in total. The van der Waals surface area contributed by atoms with Crippen molar-refractivity contribution >= 4 is 27.2 Å². The van der Waals surface area contributed by atoms with Crippen LogP contribution in [0.5, 0.6) is 0 Å². The second kappa shape index (κ2) is 8.21. The van der Waals surface area contributed by atoms with Gasteiger partial charge in [0.05, 0.1) is 25.1 Å². The van der Waals surface area contributed by atoms with Crippen molar-refractivity contribution in [2.75, 3.05) is 44.8 Å². The first kappa shape index (κ1) is 18.2. The third-order valence-electron chi connectivity index (χ3n) is 4.92. The van der Waals surface area contributed by atoms with E-state index in [4.69, 9.17) is 4.74 Å². The van der Waals surface area contributed by atoms with E-state index in [-0.39, 0.29) is 5.56 Å². The van der Waals surface area contributed by atoms with Crippen LogP contribution in [0, 0.1) is 0 Å². The molecule has 0 aliphatic carbocycles. The molecule has 1 saturated heterocycles. The monoisotopic (exact) mass is 384 g/mol. The number of morpholine rings is 1. The first-order valence-electron chi connectivity index (χ1n) is 9.23. The lowest BCUT2D eigenvalue weighted by Gasteiger charge is -2.29. The summed E-state index contributed by atoms with van der Waals surface area (Å²) in [5.74, 6) is 0. The number of hydrogen-bond acceptors (Lipinski definition) is 6. The zero-order valence-corrected chi connectivity index (χ0v) is 16.3. The molecule has 0 spiro atoms. The van der Waals surface area contributed by atoms with E-state index in [1.54, 1.807) is 10.9 Å². The van der Waals surface area contributed by atoms with Crippen molar-refractivity contribution in [2.45, 2.75) is 13.1 Å². The third kappa shape index (κ3) is 4.21. The van der Waals surface area contributed by atoms with E-state index in [2.05, 4.69) is 46.1 Å². The standard InChI is InChI=1S/C20H24N4O2S/c1-22(7-8-24-15-21-18-6-13-27-19(18)20(24)25)14-16-2-4-17(5-3-16)23-9-11-26-12-10-23/h2-6,13,15H,7-12,14H2,1H3. The van der Waals surface area contributed by atoms with E-state index < -0.39 is 0 Å². The molecule has 1 fully saturated rings. The van der Waals surface area contributed by atoms with Crippen LogP contribution < -0.4 is 10.5 Å². The highest BCUT2D eigenvalue weighted by atomic mass is 32.1. The molecule has 1 aliphatic heterocycles. The van der Waals surface area contributed by atoms with Crippen molar-refractivity contribution in [3.8, 4) is 0 Å². The molecule has 7 heteroatoms. The second-order valence-electron chi connectivity index (χ2n) is 6.88. The number of rotatable bonds is 6. The predicted octanol–water partition coefficient (Wildman–Crippen LogP) is 2.43. The Balaban J connectivity index is 1.34. The van der Waals surface area contributed by atoms with Gasteiger partial charge in [0, 0.05) is 38.4 Å². The van der Waals surface area contributed by atoms with Gasteiger partial charge in [0.1, 0.15) is 4.70 Å². The Kier molecular flexibility index (Phi) is 5.52. The van der Waals surface area contributed by atoms with Crippen LogP contribution in [-0.4, -0.2) is 54.3 Å². The first-order valence-corrected chi connectivity index (χ1v) is 10.1. The number of nitrogens with zero attached hydrogens (tertiary/aromatic N) is 4. The highest BCUT2D eigenvalue weighted by molar-refractivity contribution is 7.17. The topological polar surface area (TPSA) is 50.6 Å². The average Bonchev–Trinajstić information content (AvgIpc) is 3.18. The van der Waals surface area contributed by atoms with Crippen LogP contribution in [0.25, 0.3) is 10.2 Å². The first-order chi connectivity index (χ1) is 13.2. The lowest BCUT2D eigenvalue weighted by Crippen LogP contribution is -2.36. The van der Waals surface area contributed by atoms with Crippen LogP contribution in [0.4, 0.5) is 5.69 Å². The molecule has 1 aliphatic rings. The molecular formula is C20H24N4O2S. The maximum absolute atomic E-state index is 12.4. The van der Waals surface area contributed by atoms with Gasteiger partial charge < -0.3 is 14.5 Å². The highest BCUT2D eigenvalue weighted by Gasteiger charge is 2.11. The van der Waals surface area contributed by atoms with Crippen LogP contribution in [0.1, 0.15) is 5.56 Å². The van der Waals surface area contributed by atoms with Gasteiger partial charge in [-0.2, -0.15) is 0 Å². The number of benzene rings is 1. The molecule has 27 heavy (non-hydrogen) atoms. The molecular weight excluding hydrogens is 360 g/mol. The maximum Gasteiger partial charge on any atom is 0.271 e. The van der Waals surface area contributed by atoms with E-state index in [0.717, 1.165) is 49.6 Å². The van der Waals surface area contributed by atoms with E-state index >= 15 is 0 Å². The summed E-state index contributed by atoms with van der Waals surface area (Å²) < 4.78 is 7.85. The fourth-order valence-corrected chi connectivity index (χ4v) is 4.13. The summed E-state index contributed by atoms with van der Waals surface area (Å²) in [5, 5.41) is 1.91. The quantitative estimate of drug-likeness (QED) is 0.653. The molecule has 0 saturated carbocycles. The van der Waals surface area contributed by atoms with Crippen molar-refractivity contribution in [3.63, 3.8) is 0 Å². The summed E-state index contributed by atoms with van der Waals surface area (Å²) >= 11 is 1.46. The predicted molar refractivity (Wildman–Crippen MR) is 110 cm³/mol. The molecule has 3 aromatic rings. The van der Waals surface area contributed by atoms with E-state index in [9.17, 15) is 4.79 Å². The number of thiophene rings is 1. The zero-order valence-electron chi connectivity index (χ0n) is 15.5. The number of ether oxygens (including phenoxy) is 1. The van der Waals surface area contributed by atoms with Gasteiger partial charge in [-0.15, -0.1) is 11.3 Å². The van der Waals surface area contributed by atoms with Crippen molar-refractivity contribution in [3.05, 3.63) is 58.0 Å². The van der Waals surface area contributed by atoms with E-state index in [1.807, 2.05) is 11.4 Å². The second-order valence-corrected chi connectivity index (χ2v) is 7.80. The van der Waals surface area contributed by atoms with E-state index in [1.165, 1.54) is 22.6 Å². The van der Waals surface area contributed by atoms with Gasteiger partial charge in [0.15, 0.2) is 0 Å². The SMILES string of the molecule is CN(CCn1cnc2ccsc2c1=O)Cc1ccc(N2CCOCC2)cc1. The Hall–Kier alpha value is -2.22. The summed E-state index contributed by atoms with van der Waals surface area (Å²) in [7, 11) is 2.08. The Morgan fingerprint density at radius 2 is 1.96 bits per heavy atom. The number of aromatic nitrogens is 2. The Labute approximate surface area is 162 Å². The largest absolute Gasteiger partial charge is 0.378 e. The minimum absolute atomic E-state index is 0.0539. The maximum atomic E-state index is 12.4. The van der Waals surface area contributed by atoms with Gasteiger partial charge in [-0.05, 0) is 36.2 Å². The van der Waals surface area contributed by atoms with Crippen molar-refractivity contribution < 1.29 is 4.74 Å². The van der Waals surface area contributed by atoms with Crippen LogP contribution in [0.2, 0.25) is 0 Å². The van der Waals surface area contributed by atoms with Gasteiger partial charge >= 0.3 is 0 Å². The lowest BCUT2D eigenvalue weighted by atomic mass is 10.2. The van der Waals surface area contributed by atoms with Crippen molar-refractivity contribution in [2.24, 2.45) is 0 Å². The Morgan fingerprint density at radius 1 is 1.19 bits per heavy atom. The number of hydrogen-bond donors (Lipinski definition) is 0. The van der Waals surface area contributed by atoms with Gasteiger partial charge in [-0.25, -0.2) is 4.98 Å². The third-order valence-corrected chi connectivity index (χ3v) is 5.82. The van der Waals surface area contributed by atoms with Crippen LogP contribution in [0.15, 0.2) is 46.8 Å². The minimum Gasteiger partial charge on any atom is -0.378 e. The van der Waals surface area contributed by atoms with Crippen LogP contribution >= 0.6 is 11.3 Å². The molecule has 1 aromatic carbocycles. The van der Waals surface area contributed by atoms with Gasteiger partial charge in [0.2, 0.25) is 0 Å². The molecule has 2 aromatic heterocycles. The molecule has 142 valence electrons. The molecule has 3 heterocycles. The molecule has 4 rings (SSSR count). The lowest BCUT2D eigenvalue weighted by molar-refractivity contribution is 0.122. The number of anilines is 1. The Morgan fingerprint density at radius 3 is 2.74 bits per heavy atom. The summed E-state index contributed by atoms with van der Waals surface area (Å²) in [4.78, 5) is 21.4. The summed E-state index contributed by atoms with van der Waals surface area (Å²) in [6.45, 7) is 5.80. The van der Waals surface area contributed by atoms with E-state index in [0.29, 0.717) is 6.54 Å². The molecule has 0 atom stereocenters. The zero-order chi connectivity index (χ0) is 18.6. The minimum atomic E-state index is 0.0539. The number of likely N-dealkylation sites (N-methyl/N-ethyl adjacent to an activating group) is 1. The van der Waals surface area contributed by atoms with Crippen LogP contribution in [-0.2, 0) is 17.8 Å². The average molecular weight is 385 g/mol. The normalized spacial score (nSPS) is 15.0. The summed E-state index contributed by atoms with van der Waals surface area (Å²) in [6.07, 6.45) is 1.66. The highest BCUT2D eigenvalue weighted by Crippen LogP contribution is 2.17. The molecule has 0 radical (unpaired) electrons. The molecule has 0 bridgehead atoms. The molecule has 0 unspecified atom stereocenters. The fraction of sp³-hybridized carbons (Fsp3) is 0.400. The fourth-order valence-electron chi connectivity index (χ4n) is 3.34.